The van der Waals surface area contributed by atoms with Gasteiger partial charge in [0.15, 0.2) is 0 Å². The minimum atomic E-state index is -4.01. The van der Waals surface area contributed by atoms with Crippen LogP contribution in [0, 0.1) is 0 Å². The Bertz CT molecular complexity index is 1560. The number of aromatic nitrogens is 2. The number of fused-ring (bicyclic) bond motifs is 1. The number of rotatable bonds is 16. The van der Waals surface area contributed by atoms with E-state index in [1.54, 1.807) is 49.0 Å². The van der Waals surface area contributed by atoms with Crippen LogP contribution in [0.1, 0.15) is 67.5 Å². The Morgan fingerprint density at radius 3 is 2.70 bits per heavy atom. The van der Waals surface area contributed by atoms with Gasteiger partial charge in [-0.25, -0.2) is 8.42 Å². The first-order valence-corrected chi connectivity index (χ1v) is 16.6. The van der Waals surface area contributed by atoms with Crippen molar-refractivity contribution in [2.24, 2.45) is 0 Å². The van der Waals surface area contributed by atoms with Crippen LogP contribution in [0.15, 0.2) is 82.6 Å². The molecular formula is C33H41N5O4S. The van der Waals surface area contributed by atoms with Crippen LogP contribution in [0.25, 0.3) is 0 Å². The van der Waals surface area contributed by atoms with Gasteiger partial charge in [0, 0.05) is 36.7 Å². The van der Waals surface area contributed by atoms with E-state index in [1.807, 2.05) is 24.3 Å². The van der Waals surface area contributed by atoms with Gasteiger partial charge in [-0.15, -0.1) is 0 Å². The molecule has 5 rings (SSSR count). The number of aliphatic hydroxyl groups excluding tert-OH is 1. The molecule has 9 nitrogen and oxygen atoms in total. The summed E-state index contributed by atoms with van der Waals surface area (Å²) in [5, 5.41) is 16.9. The number of oxazole rings is 1. The first-order valence-electron chi connectivity index (χ1n) is 15.2. The molecule has 228 valence electrons. The molecule has 1 aliphatic heterocycles. The summed E-state index contributed by atoms with van der Waals surface area (Å²) in [5.74, 6) is 0. The van der Waals surface area contributed by atoms with Crippen LogP contribution in [0.3, 0.4) is 0 Å². The zero-order chi connectivity index (χ0) is 30.1. The number of unbranched alkanes of at least 4 members (excludes halogenated alkanes) is 4. The third kappa shape index (κ3) is 7.81. The SMILES string of the molecule is CCCCCCCc1coc(N(c2ccc(CCNCC(O)c3cccnc3)cc2)S(=O)(=O)c2ccc3c(c2)CCN3)n1. The van der Waals surface area contributed by atoms with Gasteiger partial charge in [-0.3, -0.25) is 4.98 Å². The average molecular weight is 604 g/mol. The second kappa shape index (κ2) is 14.6. The number of aryl methyl sites for hydroxylation is 1. The van der Waals surface area contributed by atoms with Crippen molar-refractivity contribution in [2.75, 3.05) is 29.3 Å². The molecule has 0 radical (unpaired) electrons. The third-order valence-electron chi connectivity index (χ3n) is 7.74. The first kappa shape index (κ1) is 30.7. The Morgan fingerprint density at radius 1 is 1.07 bits per heavy atom. The molecule has 2 aromatic carbocycles. The van der Waals surface area contributed by atoms with Crippen LogP contribution in [0.5, 0.6) is 0 Å². The second-order valence-electron chi connectivity index (χ2n) is 11.0. The molecule has 0 fully saturated rings. The normalized spacial score (nSPS) is 13.4. The molecule has 10 heteroatoms. The number of pyridine rings is 1. The Labute approximate surface area is 254 Å². The number of hydrogen-bond acceptors (Lipinski definition) is 8. The molecule has 0 bridgehead atoms. The van der Waals surface area contributed by atoms with Crippen LogP contribution in [0.4, 0.5) is 17.4 Å². The average Bonchev–Trinajstić information content (AvgIpc) is 3.70. The zero-order valence-electron chi connectivity index (χ0n) is 24.7. The molecule has 1 aliphatic rings. The van der Waals surface area contributed by atoms with Crippen molar-refractivity contribution in [3.8, 4) is 0 Å². The maximum atomic E-state index is 14.1. The number of anilines is 3. The van der Waals surface area contributed by atoms with Crippen LogP contribution in [0.2, 0.25) is 0 Å². The molecule has 0 amide bonds. The Kier molecular flexibility index (Phi) is 10.5. The van der Waals surface area contributed by atoms with Crippen molar-refractivity contribution in [3.05, 3.63) is 95.6 Å². The fourth-order valence-electron chi connectivity index (χ4n) is 5.27. The standard InChI is InChI=1S/C33H41N5O4S/c1-2-3-4-5-6-9-28-24-42-33(37-28)38(43(40,41)30-14-15-31-26(21-30)17-20-36-31)29-12-10-25(11-13-29)16-19-35-23-32(39)27-8-7-18-34-22-27/h7-8,10-15,18,21-22,24,32,35-36,39H,2-6,9,16-17,19-20,23H2,1H3. The molecule has 0 aliphatic carbocycles. The van der Waals surface area contributed by atoms with Crippen molar-refractivity contribution in [2.45, 2.75) is 69.3 Å². The summed E-state index contributed by atoms with van der Waals surface area (Å²) < 4.78 is 35.3. The van der Waals surface area contributed by atoms with Crippen molar-refractivity contribution in [3.63, 3.8) is 0 Å². The topological polar surface area (TPSA) is 121 Å². The summed E-state index contributed by atoms with van der Waals surface area (Å²) in [6.07, 6.45) is 12.2. The lowest BCUT2D eigenvalue weighted by Crippen LogP contribution is -2.27. The van der Waals surface area contributed by atoms with E-state index in [0.717, 1.165) is 60.3 Å². The molecule has 3 heterocycles. The molecule has 1 atom stereocenters. The molecule has 2 aromatic heterocycles. The van der Waals surface area contributed by atoms with Gasteiger partial charge in [0.2, 0.25) is 0 Å². The molecule has 43 heavy (non-hydrogen) atoms. The summed E-state index contributed by atoms with van der Waals surface area (Å²) in [6.45, 7) is 4.06. The van der Waals surface area contributed by atoms with E-state index in [1.165, 1.54) is 23.6 Å². The van der Waals surface area contributed by atoms with E-state index in [9.17, 15) is 13.5 Å². The number of nitrogens with zero attached hydrogens (tertiary/aromatic N) is 3. The van der Waals surface area contributed by atoms with Gasteiger partial charge in [-0.1, -0.05) is 50.8 Å². The maximum Gasteiger partial charge on any atom is 0.316 e. The highest BCUT2D eigenvalue weighted by atomic mass is 32.2. The van der Waals surface area contributed by atoms with Gasteiger partial charge >= 0.3 is 6.01 Å². The number of nitrogens with one attached hydrogen (secondary N) is 2. The lowest BCUT2D eigenvalue weighted by atomic mass is 10.1. The molecular weight excluding hydrogens is 562 g/mol. The quantitative estimate of drug-likeness (QED) is 0.135. The number of aliphatic hydroxyl groups is 1. The van der Waals surface area contributed by atoms with Gasteiger partial charge in [0.1, 0.15) is 6.26 Å². The van der Waals surface area contributed by atoms with Gasteiger partial charge in [-0.05, 0) is 79.8 Å². The van der Waals surface area contributed by atoms with Crippen LogP contribution < -0.4 is 14.9 Å². The van der Waals surface area contributed by atoms with E-state index < -0.39 is 16.1 Å². The predicted octanol–water partition coefficient (Wildman–Crippen LogP) is 5.94. The fourth-order valence-corrected chi connectivity index (χ4v) is 6.70. The van der Waals surface area contributed by atoms with Crippen molar-refractivity contribution in [1.29, 1.82) is 0 Å². The first-order chi connectivity index (χ1) is 21.0. The highest BCUT2D eigenvalue weighted by molar-refractivity contribution is 7.93. The molecule has 3 N–H and O–H groups in total. The van der Waals surface area contributed by atoms with E-state index in [2.05, 4.69) is 27.5 Å². The molecule has 0 spiro atoms. The fraction of sp³-hybridized carbons (Fsp3) is 0.394. The van der Waals surface area contributed by atoms with Crippen molar-refractivity contribution < 1.29 is 17.9 Å². The van der Waals surface area contributed by atoms with Crippen LogP contribution in [-0.4, -0.2) is 43.1 Å². The largest absolute Gasteiger partial charge is 0.431 e. The summed E-state index contributed by atoms with van der Waals surface area (Å²) >= 11 is 0. The predicted molar refractivity (Wildman–Crippen MR) is 169 cm³/mol. The van der Waals surface area contributed by atoms with Gasteiger partial charge in [0.05, 0.1) is 22.4 Å². The van der Waals surface area contributed by atoms with E-state index in [4.69, 9.17) is 4.42 Å². The van der Waals surface area contributed by atoms with Crippen molar-refractivity contribution >= 4 is 27.4 Å². The lowest BCUT2D eigenvalue weighted by molar-refractivity contribution is 0.174. The molecule has 1 unspecified atom stereocenters. The smallest absolute Gasteiger partial charge is 0.316 e. The maximum absolute atomic E-state index is 14.1. The molecule has 0 saturated carbocycles. The summed E-state index contributed by atoms with van der Waals surface area (Å²) in [6, 6.07) is 16.3. The van der Waals surface area contributed by atoms with Gasteiger partial charge < -0.3 is 20.2 Å². The highest BCUT2D eigenvalue weighted by Gasteiger charge is 2.31. The Morgan fingerprint density at radius 2 is 1.91 bits per heavy atom. The summed E-state index contributed by atoms with van der Waals surface area (Å²) in [7, 11) is -4.01. The molecule has 4 aromatic rings. The second-order valence-corrected chi connectivity index (χ2v) is 12.8. The highest BCUT2D eigenvalue weighted by Crippen LogP contribution is 2.34. The summed E-state index contributed by atoms with van der Waals surface area (Å²) in [4.78, 5) is 8.88. The van der Waals surface area contributed by atoms with Crippen molar-refractivity contribution in [1.82, 2.24) is 15.3 Å². The van der Waals surface area contributed by atoms with E-state index >= 15 is 0 Å². The third-order valence-corrected chi connectivity index (χ3v) is 9.44. The zero-order valence-corrected chi connectivity index (χ0v) is 25.5. The van der Waals surface area contributed by atoms with E-state index in [0.29, 0.717) is 25.2 Å². The van der Waals surface area contributed by atoms with Gasteiger partial charge in [-0.2, -0.15) is 9.29 Å². The number of sulfonamides is 1. The number of benzene rings is 2. The van der Waals surface area contributed by atoms with Crippen LogP contribution >= 0.6 is 0 Å². The van der Waals surface area contributed by atoms with Crippen LogP contribution in [-0.2, 0) is 29.3 Å². The Balaban J connectivity index is 1.30. The lowest BCUT2D eigenvalue weighted by Gasteiger charge is -2.21. The Hall–Kier alpha value is -3.73. The minimum absolute atomic E-state index is 0.0426. The summed E-state index contributed by atoms with van der Waals surface area (Å²) in [5.41, 5.74) is 4.97. The number of hydrogen-bond donors (Lipinski definition) is 3. The molecule has 0 saturated heterocycles. The minimum Gasteiger partial charge on any atom is -0.431 e. The van der Waals surface area contributed by atoms with E-state index in [-0.39, 0.29) is 10.9 Å². The van der Waals surface area contributed by atoms with Gasteiger partial charge in [0.25, 0.3) is 10.0 Å². The monoisotopic (exact) mass is 603 g/mol.